The summed E-state index contributed by atoms with van der Waals surface area (Å²) in [5, 5.41) is 5.47. The number of benzene rings is 3. The molecule has 1 aliphatic rings. The molecule has 0 aromatic heterocycles. The van der Waals surface area contributed by atoms with Gasteiger partial charge in [0.05, 0.1) is 11.4 Å². The first-order chi connectivity index (χ1) is 13.8. The number of hydrogen-bond donors (Lipinski definition) is 3. The fourth-order valence-electron chi connectivity index (χ4n) is 2.99. The van der Waals surface area contributed by atoms with E-state index in [0.29, 0.717) is 17.3 Å². The lowest BCUT2D eigenvalue weighted by Crippen LogP contribution is -2.38. The Kier molecular flexibility index (Phi) is 4.77. The summed E-state index contributed by atoms with van der Waals surface area (Å²) < 4.78 is 54.0. The van der Waals surface area contributed by atoms with Crippen molar-refractivity contribution in [3.05, 3.63) is 89.5 Å². The SMILES string of the molecule is O=C(Nc1ccc(F)cc1F)c1ccc(C2Nc3ccccc3S(=O)(=O)N2)cc1. The lowest BCUT2D eigenvalue weighted by atomic mass is 10.1. The Morgan fingerprint density at radius 1 is 0.966 bits per heavy atom. The van der Waals surface area contributed by atoms with Gasteiger partial charge >= 0.3 is 0 Å². The second-order valence-electron chi connectivity index (χ2n) is 6.40. The first-order valence-corrected chi connectivity index (χ1v) is 10.1. The summed E-state index contributed by atoms with van der Waals surface area (Å²) >= 11 is 0. The van der Waals surface area contributed by atoms with Crippen LogP contribution in [0.5, 0.6) is 0 Å². The van der Waals surface area contributed by atoms with E-state index in [1.165, 1.54) is 18.2 Å². The molecule has 9 heteroatoms. The van der Waals surface area contributed by atoms with Crippen molar-refractivity contribution >= 4 is 27.3 Å². The highest BCUT2D eigenvalue weighted by atomic mass is 32.2. The lowest BCUT2D eigenvalue weighted by Gasteiger charge is -2.28. The maximum Gasteiger partial charge on any atom is 0.255 e. The van der Waals surface area contributed by atoms with Crippen LogP contribution in [0.2, 0.25) is 0 Å². The van der Waals surface area contributed by atoms with Crippen LogP contribution >= 0.6 is 0 Å². The van der Waals surface area contributed by atoms with Gasteiger partial charge in [0.25, 0.3) is 5.91 Å². The Morgan fingerprint density at radius 3 is 2.41 bits per heavy atom. The van der Waals surface area contributed by atoms with Crippen LogP contribution in [0.3, 0.4) is 0 Å². The first kappa shape index (κ1) is 19.0. The maximum absolute atomic E-state index is 13.7. The van der Waals surface area contributed by atoms with Gasteiger partial charge in [-0.3, -0.25) is 4.79 Å². The van der Waals surface area contributed by atoms with Crippen LogP contribution in [0.15, 0.2) is 71.6 Å². The van der Waals surface area contributed by atoms with Crippen LogP contribution in [0, 0.1) is 11.6 Å². The van der Waals surface area contributed by atoms with Gasteiger partial charge in [0, 0.05) is 11.6 Å². The number of carbonyl (C=O) groups is 1. The number of fused-ring (bicyclic) bond motifs is 1. The monoisotopic (exact) mass is 415 g/mol. The zero-order valence-electron chi connectivity index (χ0n) is 14.8. The topological polar surface area (TPSA) is 87.3 Å². The van der Waals surface area contributed by atoms with E-state index in [1.54, 1.807) is 30.3 Å². The largest absolute Gasteiger partial charge is 0.364 e. The Bertz CT molecular complexity index is 1200. The lowest BCUT2D eigenvalue weighted by molar-refractivity contribution is 0.102. The Labute approximate surface area is 165 Å². The zero-order chi connectivity index (χ0) is 20.6. The third kappa shape index (κ3) is 3.82. The third-order valence-corrected chi connectivity index (χ3v) is 5.92. The van der Waals surface area contributed by atoms with Gasteiger partial charge in [0.2, 0.25) is 10.0 Å². The summed E-state index contributed by atoms with van der Waals surface area (Å²) in [5.41, 5.74) is 1.16. The number of amides is 1. The van der Waals surface area contributed by atoms with Gasteiger partial charge < -0.3 is 10.6 Å². The van der Waals surface area contributed by atoms with Crippen molar-refractivity contribution in [2.45, 2.75) is 11.1 Å². The van der Waals surface area contributed by atoms with Crippen molar-refractivity contribution in [3.63, 3.8) is 0 Å². The molecule has 29 heavy (non-hydrogen) atoms. The van der Waals surface area contributed by atoms with Crippen LogP contribution in [-0.2, 0) is 10.0 Å². The van der Waals surface area contributed by atoms with Crippen molar-refractivity contribution in [3.8, 4) is 0 Å². The van der Waals surface area contributed by atoms with E-state index < -0.39 is 33.7 Å². The van der Waals surface area contributed by atoms with Crippen LogP contribution < -0.4 is 15.4 Å². The predicted molar refractivity (Wildman–Crippen MR) is 104 cm³/mol. The number of halogens is 2. The van der Waals surface area contributed by atoms with Gasteiger partial charge in [0.1, 0.15) is 22.7 Å². The molecule has 0 radical (unpaired) electrons. The van der Waals surface area contributed by atoms with E-state index in [9.17, 15) is 22.0 Å². The zero-order valence-corrected chi connectivity index (χ0v) is 15.6. The maximum atomic E-state index is 13.7. The number of nitrogens with one attached hydrogen (secondary N) is 3. The normalized spacial score (nSPS) is 17.1. The van der Waals surface area contributed by atoms with E-state index in [4.69, 9.17) is 0 Å². The summed E-state index contributed by atoms with van der Waals surface area (Å²) in [6, 6.07) is 15.5. The summed E-state index contributed by atoms with van der Waals surface area (Å²) in [7, 11) is -3.68. The van der Waals surface area contributed by atoms with Crippen LogP contribution in [0.1, 0.15) is 22.1 Å². The van der Waals surface area contributed by atoms with Crippen molar-refractivity contribution in [2.24, 2.45) is 0 Å². The van der Waals surface area contributed by atoms with Crippen molar-refractivity contribution in [1.29, 1.82) is 0 Å². The quantitative estimate of drug-likeness (QED) is 0.610. The number of hydrogen-bond acceptors (Lipinski definition) is 4. The second kappa shape index (κ2) is 7.26. The average Bonchev–Trinajstić information content (AvgIpc) is 2.69. The molecule has 148 valence electrons. The molecule has 0 aliphatic carbocycles. The fraction of sp³-hybridized carbons (Fsp3) is 0.0500. The molecular formula is C20H15F2N3O3S. The molecule has 4 rings (SSSR count). The van der Waals surface area contributed by atoms with Gasteiger partial charge in [-0.25, -0.2) is 17.2 Å². The molecule has 1 aliphatic heterocycles. The van der Waals surface area contributed by atoms with Gasteiger partial charge in [-0.05, 0) is 42.0 Å². The van der Waals surface area contributed by atoms with E-state index >= 15 is 0 Å². The van der Waals surface area contributed by atoms with Crippen molar-refractivity contribution in [1.82, 2.24) is 4.72 Å². The summed E-state index contributed by atoms with van der Waals surface area (Å²) in [4.78, 5) is 12.5. The van der Waals surface area contributed by atoms with Crippen LogP contribution in [-0.4, -0.2) is 14.3 Å². The minimum atomic E-state index is -3.68. The molecular weight excluding hydrogens is 400 g/mol. The molecule has 1 heterocycles. The highest BCUT2D eigenvalue weighted by molar-refractivity contribution is 7.89. The van der Waals surface area contributed by atoms with E-state index in [1.807, 2.05) is 0 Å². The Balaban J connectivity index is 1.53. The van der Waals surface area contributed by atoms with Crippen molar-refractivity contribution in [2.75, 3.05) is 10.6 Å². The number of anilines is 2. The highest BCUT2D eigenvalue weighted by Crippen LogP contribution is 2.30. The van der Waals surface area contributed by atoms with Crippen LogP contribution in [0.4, 0.5) is 20.2 Å². The molecule has 0 spiro atoms. The predicted octanol–water partition coefficient (Wildman–Crippen LogP) is 3.62. The van der Waals surface area contributed by atoms with Crippen LogP contribution in [0.25, 0.3) is 0 Å². The standard InChI is InChI=1S/C20H15F2N3O3S/c21-14-9-10-16(15(22)11-14)24-20(26)13-7-5-12(6-8-13)19-23-17-3-1-2-4-18(17)29(27,28)25-19/h1-11,19,23,25H,(H,24,26). The summed E-state index contributed by atoms with van der Waals surface area (Å²) in [6.45, 7) is 0. The number of sulfonamides is 1. The van der Waals surface area contributed by atoms with Gasteiger partial charge in [0.15, 0.2) is 0 Å². The minimum absolute atomic E-state index is 0.140. The number of para-hydroxylation sites is 1. The van der Waals surface area contributed by atoms with Crippen molar-refractivity contribution < 1.29 is 22.0 Å². The number of rotatable bonds is 3. The molecule has 3 N–H and O–H groups in total. The van der Waals surface area contributed by atoms with E-state index in [-0.39, 0.29) is 16.1 Å². The molecule has 0 saturated carbocycles. The minimum Gasteiger partial charge on any atom is -0.364 e. The van der Waals surface area contributed by atoms with Gasteiger partial charge in [-0.1, -0.05) is 24.3 Å². The van der Waals surface area contributed by atoms with Gasteiger partial charge in [-0.2, -0.15) is 4.72 Å². The van der Waals surface area contributed by atoms with E-state index in [2.05, 4.69) is 15.4 Å². The molecule has 3 aromatic carbocycles. The summed E-state index contributed by atoms with van der Waals surface area (Å²) in [5.74, 6) is -2.20. The smallest absolute Gasteiger partial charge is 0.255 e. The Morgan fingerprint density at radius 2 is 1.69 bits per heavy atom. The second-order valence-corrected chi connectivity index (χ2v) is 8.08. The fourth-order valence-corrected chi connectivity index (χ4v) is 4.29. The molecule has 1 atom stereocenters. The first-order valence-electron chi connectivity index (χ1n) is 8.58. The molecule has 1 unspecified atom stereocenters. The Hall–Kier alpha value is -3.30. The van der Waals surface area contributed by atoms with E-state index in [0.717, 1.165) is 12.1 Å². The molecule has 3 aromatic rings. The summed E-state index contributed by atoms with van der Waals surface area (Å²) in [6.07, 6.45) is -0.707. The molecule has 0 bridgehead atoms. The van der Waals surface area contributed by atoms with Gasteiger partial charge in [-0.15, -0.1) is 0 Å². The molecule has 1 amide bonds. The molecule has 0 fully saturated rings. The molecule has 6 nitrogen and oxygen atoms in total. The average molecular weight is 415 g/mol. The molecule has 0 saturated heterocycles. The highest BCUT2D eigenvalue weighted by Gasteiger charge is 2.29. The third-order valence-electron chi connectivity index (χ3n) is 4.43. The number of carbonyl (C=O) groups excluding carboxylic acids is 1.